The van der Waals surface area contributed by atoms with Crippen LogP contribution in [0.15, 0.2) is 53.9 Å². The molecule has 0 saturated carbocycles. The predicted octanol–water partition coefficient (Wildman–Crippen LogP) is 4.69. The molecule has 1 heterocycles. The lowest BCUT2D eigenvalue weighted by Crippen LogP contribution is -1.87. The van der Waals surface area contributed by atoms with Crippen molar-refractivity contribution in [3.05, 3.63) is 69.6 Å². The molecule has 4 nitrogen and oxygen atoms in total. The zero-order valence-electron chi connectivity index (χ0n) is 11.3. The molecule has 0 amide bonds. The summed E-state index contributed by atoms with van der Waals surface area (Å²) in [6, 6.07) is 14.7. The fourth-order valence-corrected chi connectivity index (χ4v) is 2.84. The Bertz CT molecular complexity index is 794. The van der Waals surface area contributed by atoms with Gasteiger partial charge in [0.1, 0.15) is 5.01 Å². The SMILES string of the molecule is Cc1ccc(-c2csc(-c3cccc([N+](=O)[O-])c3)n2)cc1. The summed E-state index contributed by atoms with van der Waals surface area (Å²) < 4.78 is 0. The van der Waals surface area contributed by atoms with Gasteiger partial charge in [-0.3, -0.25) is 10.1 Å². The van der Waals surface area contributed by atoms with Crippen molar-refractivity contribution in [2.24, 2.45) is 0 Å². The van der Waals surface area contributed by atoms with Gasteiger partial charge in [0.15, 0.2) is 0 Å². The van der Waals surface area contributed by atoms with Crippen LogP contribution in [-0.2, 0) is 0 Å². The van der Waals surface area contributed by atoms with Gasteiger partial charge in [0.2, 0.25) is 0 Å². The summed E-state index contributed by atoms with van der Waals surface area (Å²) in [6.45, 7) is 2.04. The highest BCUT2D eigenvalue weighted by atomic mass is 32.1. The number of benzene rings is 2. The Morgan fingerprint density at radius 2 is 1.86 bits per heavy atom. The molecule has 0 spiro atoms. The average molecular weight is 296 g/mol. The molecule has 0 fully saturated rings. The van der Waals surface area contributed by atoms with Crippen LogP contribution in [0.4, 0.5) is 5.69 Å². The molecular weight excluding hydrogens is 284 g/mol. The number of aromatic nitrogens is 1. The summed E-state index contributed by atoms with van der Waals surface area (Å²) in [5.74, 6) is 0. The Morgan fingerprint density at radius 1 is 1.10 bits per heavy atom. The van der Waals surface area contributed by atoms with Gasteiger partial charge in [-0.05, 0) is 6.92 Å². The monoisotopic (exact) mass is 296 g/mol. The van der Waals surface area contributed by atoms with E-state index in [9.17, 15) is 10.1 Å². The van der Waals surface area contributed by atoms with Crippen LogP contribution in [0.5, 0.6) is 0 Å². The van der Waals surface area contributed by atoms with Crippen LogP contribution in [0.1, 0.15) is 5.56 Å². The fraction of sp³-hybridized carbons (Fsp3) is 0.0625. The van der Waals surface area contributed by atoms with Gasteiger partial charge in [0, 0.05) is 28.6 Å². The molecule has 0 bridgehead atoms. The Hall–Kier alpha value is -2.53. The molecule has 0 unspecified atom stereocenters. The molecule has 2 aromatic carbocycles. The highest BCUT2D eigenvalue weighted by Gasteiger charge is 2.10. The molecule has 0 N–H and O–H groups in total. The highest BCUT2D eigenvalue weighted by molar-refractivity contribution is 7.13. The van der Waals surface area contributed by atoms with Gasteiger partial charge in [0.05, 0.1) is 10.6 Å². The average Bonchev–Trinajstić information content (AvgIpc) is 2.98. The van der Waals surface area contributed by atoms with Crippen molar-refractivity contribution in [3.63, 3.8) is 0 Å². The van der Waals surface area contributed by atoms with Gasteiger partial charge < -0.3 is 0 Å². The molecule has 1 aromatic heterocycles. The van der Waals surface area contributed by atoms with Crippen molar-refractivity contribution in [2.45, 2.75) is 6.92 Å². The summed E-state index contributed by atoms with van der Waals surface area (Å²) >= 11 is 1.49. The van der Waals surface area contributed by atoms with E-state index in [0.29, 0.717) is 0 Å². The van der Waals surface area contributed by atoms with E-state index in [2.05, 4.69) is 4.98 Å². The fourth-order valence-electron chi connectivity index (χ4n) is 2.02. The molecule has 0 radical (unpaired) electrons. The molecule has 5 heteroatoms. The number of nitro benzene ring substituents is 1. The Kier molecular flexibility index (Phi) is 3.50. The minimum absolute atomic E-state index is 0.0829. The smallest absolute Gasteiger partial charge is 0.258 e. The normalized spacial score (nSPS) is 10.5. The van der Waals surface area contributed by atoms with E-state index >= 15 is 0 Å². The number of aryl methyl sites for hydroxylation is 1. The first-order valence-corrected chi connectivity index (χ1v) is 7.29. The Morgan fingerprint density at radius 3 is 2.57 bits per heavy atom. The second kappa shape index (κ2) is 5.46. The van der Waals surface area contributed by atoms with E-state index in [0.717, 1.165) is 21.8 Å². The summed E-state index contributed by atoms with van der Waals surface area (Å²) in [5.41, 5.74) is 4.00. The van der Waals surface area contributed by atoms with Gasteiger partial charge in [-0.15, -0.1) is 11.3 Å². The molecule has 0 aliphatic rings. The van der Waals surface area contributed by atoms with Gasteiger partial charge >= 0.3 is 0 Å². The van der Waals surface area contributed by atoms with Crippen molar-refractivity contribution < 1.29 is 4.92 Å². The first-order valence-electron chi connectivity index (χ1n) is 6.41. The Labute approximate surface area is 125 Å². The molecule has 0 aliphatic carbocycles. The number of non-ortho nitro benzene ring substituents is 1. The maximum Gasteiger partial charge on any atom is 0.270 e. The number of thiazole rings is 1. The maximum absolute atomic E-state index is 10.8. The third kappa shape index (κ3) is 2.83. The minimum atomic E-state index is -0.391. The molecule has 21 heavy (non-hydrogen) atoms. The third-order valence-corrected chi connectivity index (χ3v) is 4.05. The molecule has 0 aliphatic heterocycles. The van der Waals surface area contributed by atoms with Crippen molar-refractivity contribution in [3.8, 4) is 21.8 Å². The van der Waals surface area contributed by atoms with E-state index in [1.165, 1.54) is 23.0 Å². The van der Waals surface area contributed by atoms with Gasteiger partial charge in [-0.25, -0.2) is 4.98 Å². The number of nitro groups is 1. The van der Waals surface area contributed by atoms with Gasteiger partial charge in [-0.2, -0.15) is 0 Å². The third-order valence-electron chi connectivity index (χ3n) is 3.16. The lowest BCUT2D eigenvalue weighted by atomic mass is 10.1. The van der Waals surface area contributed by atoms with Crippen molar-refractivity contribution in [1.82, 2.24) is 4.98 Å². The lowest BCUT2D eigenvalue weighted by Gasteiger charge is -1.98. The zero-order valence-corrected chi connectivity index (χ0v) is 12.1. The van der Waals surface area contributed by atoms with Crippen molar-refractivity contribution in [2.75, 3.05) is 0 Å². The molecule has 0 saturated heterocycles. The largest absolute Gasteiger partial charge is 0.270 e. The first-order chi connectivity index (χ1) is 10.1. The van der Waals surface area contributed by atoms with E-state index in [-0.39, 0.29) is 5.69 Å². The highest BCUT2D eigenvalue weighted by Crippen LogP contribution is 2.30. The van der Waals surface area contributed by atoms with Gasteiger partial charge in [-0.1, -0.05) is 42.0 Å². The summed E-state index contributed by atoms with van der Waals surface area (Å²) in [6.07, 6.45) is 0. The number of nitrogens with zero attached hydrogens (tertiary/aromatic N) is 2. The second-order valence-corrected chi connectivity index (χ2v) is 5.57. The van der Waals surface area contributed by atoms with Gasteiger partial charge in [0.25, 0.3) is 5.69 Å². The predicted molar refractivity (Wildman–Crippen MR) is 84.4 cm³/mol. The lowest BCUT2D eigenvalue weighted by molar-refractivity contribution is -0.384. The summed E-state index contributed by atoms with van der Waals surface area (Å²) in [5, 5.41) is 13.6. The summed E-state index contributed by atoms with van der Waals surface area (Å²) in [7, 11) is 0. The maximum atomic E-state index is 10.8. The van der Waals surface area contributed by atoms with Crippen LogP contribution < -0.4 is 0 Å². The second-order valence-electron chi connectivity index (χ2n) is 4.71. The van der Waals surface area contributed by atoms with Crippen LogP contribution >= 0.6 is 11.3 Å². The van der Waals surface area contributed by atoms with Crippen molar-refractivity contribution >= 4 is 17.0 Å². The van der Waals surface area contributed by atoms with E-state index < -0.39 is 4.92 Å². The van der Waals surface area contributed by atoms with E-state index in [1.807, 2.05) is 42.6 Å². The molecule has 0 atom stereocenters. The zero-order chi connectivity index (χ0) is 14.8. The Balaban J connectivity index is 1.96. The minimum Gasteiger partial charge on any atom is -0.258 e. The van der Waals surface area contributed by atoms with Crippen LogP contribution in [0.3, 0.4) is 0 Å². The van der Waals surface area contributed by atoms with E-state index in [4.69, 9.17) is 0 Å². The summed E-state index contributed by atoms with van der Waals surface area (Å²) in [4.78, 5) is 15.0. The number of hydrogen-bond acceptors (Lipinski definition) is 4. The molecular formula is C16H12N2O2S. The van der Waals surface area contributed by atoms with E-state index in [1.54, 1.807) is 12.1 Å². The first kappa shape index (κ1) is 13.5. The van der Waals surface area contributed by atoms with Crippen LogP contribution in [0.2, 0.25) is 0 Å². The molecule has 3 aromatic rings. The van der Waals surface area contributed by atoms with Crippen molar-refractivity contribution in [1.29, 1.82) is 0 Å². The molecule has 3 rings (SSSR count). The number of rotatable bonds is 3. The van der Waals surface area contributed by atoms with Crippen LogP contribution in [-0.4, -0.2) is 9.91 Å². The standard InChI is InChI=1S/C16H12N2O2S/c1-11-5-7-12(8-6-11)15-10-21-16(17-15)13-3-2-4-14(9-13)18(19)20/h2-10H,1H3. The van der Waals surface area contributed by atoms with Crippen LogP contribution in [0, 0.1) is 17.0 Å². The quantitative estimate of drug-likeness (QED) is 0.520. The molecule has 104 valence electrons. The topological polar surface area (TPSA) is 56.0 Å². The van der Waals surface area contributed by atoms with Crippen LogP contribution in [0.25, 0.3) is 21.8 Å². The number of hydrogen-bond donors (Lipinski definition) is 0.